The molecule has 2 aliphatic heterocycles. The third-order valence-electron chi connectivity index (χ3n) is 8.54. The first-order chi connectivity index (χ1) is 22.5. The fourth-order valence-corrected chi connectivity index (χ4v) is 6.13. The lowest BCUT2D eigenvalue weighted by molar-refractivity contribution is -0.137. The molecule has 0 aliphatic carbocycles. The first-order valence-corrected chi connectivity index (χ1v) is 15.4. The Morgan fingerprint density at radius 3 is 2.38 bits per heavy atom. The van der Waals surface area contributed by atoms with Crippen LogP contribution in [0.3, 0.4) is 0 Å². The van der Waals surface area contributed by atoms with Crippen LogP contribution in [0.4, 0.5) is 30.5 Å². The molecule has 4 aromatic rings. The molecule has 2 amide bonds. The predicted octanol–water partition coefficient (Wildman–Crippen LogP) is 3.08. The molecule has 3 aromatic heterocycles. The Hall–Kier alpha value is -5.15. The molecule has 2 saturated heterocycles. The number of carbonyl (C=O) groups is 2. The van der Waals surface area contributed by atoms with Gasteiger partial charge in [0, 0.05) is 51.2 Å². The van der Waals surface area contributed by atoms with E-state index < -0.39 is 29.1 Å². The number of aromatic hydroxyl groups is 1. The van der Waals surface area contributed by atoms with Crippen LogP contribution in [0.15, 0.2) is 41.3 Å². The molecule has 2 fully saturated rings. The van der Waals surface area contributed by atoms with Gasteiger partial charge in [0.25, 0.3) is 11.5 Å². The van der Waals surface area contributed by atoms with Crippen molar-refractivity contribution in [2.24, 2.45) is 0 Å². The number of aromatic nitrogens is 5. The maximum absolute atomic E-state index is 14.1. The number of pyridine rings is 1. The average Bonchev–Trinajstić information content (AvgIpc) is 3.74. The Labute approximate surface area is 267 Å². The molecule has 0 radical (unpaired) electrons. The van der Waals surface area contributed by atoms with E-state index in [2.05, 4.69) is 20.4 Å². The van der Waals surface area contributed by atoms with Gasteiger partial charge >= 0.3 is 6.18 Å². The Bertz CT molecular complexity index is 1890. The van der Waals surface area contributed by atoms with Crippen molar-refractivity contribution in [3.8, 4) is 5.75 Å². The van der Waals surface area contributed by atoms with Crippen molar-refractivity contribution in [2.75, 3.05) is 54.4 Å². The minimum absolute atomic E-state index is 0.0506. The van der Waals surface area contributed by atoms with Gasteiger partial charge in [-0.15, -0.1) is 5.10 Å². The van der Waals surface area contributed by atoms with E-state index in [-0.39, 0.29) is 61.2 Å². The van der Waals surface area contributed by atoms with Crippen LogP contribution in [0.1, 0.15) is 47.1 Å². The number of halogens is 3. The van der Waals surface area contributed by atoms with E-state index in [1.54, 1.807) is 9.47 Å². The first-order valence-electron chi connectivity index (χ1n) is 15.4. The molecule has 1 aromatic carbocycles. The van der Waals surface area contributed by atoms with Gasteiger partial charge < -0.3 is 29.7 Å². The normalized spacial score (nSPS) is 15.5. The fourth-order valence-electron chi connectivity index (χ4n) is 6.13. The number of piperazine rings is 1. The zero-order valence-electron chi connectivity index (χ0n) is 25.9. The van der Waals surface area contributed by atoms with E-state index in [1.807, 2.05) is 16.7 Å². The van der Waals surface area contributed by atoms with Gasteiger partial charge in [-0.3, -0.25) is 14.4 Å². The molecule has 2 N–H and O–H groups in total. The number of anilines is 3. The van der Waals surface area contributed by atoms with Crippen LogP contribution in [-0.4, -0.2) is 85.2 Å². The Kier molecular flexibility index (Phi) is 8.51. The molecule has 0 saturated carbocycles. The topological polar surface area (TPSA) is 141 Å². The molecule has 16 heteroatoms. The smallest absolute Gasteiger partial charge is 0.416 e. The lowest BCUT2D eigenvalue weighted by Gasteiger charge is -2.36. The highest BCUT2D eigenvalue weighted by molar-refractivity contribution is 5.95. The van der Waals surface area contributed by atoms with E-state index >= 15 is 0 Å². The number of hydrogen-bond acceptors (Lipinski definition) is 9. The van der Waals surface area contributed by atoms with Crippen molar-refractivity contribution < 1.29 is 27.9 Å². The van der Waals surface area contributed by atoms with E-state index in [0.717, 1.165) is 38.1 Å². The number of aryl methyl sites for hydroxylation is 1. The summed E-state index contributed by atoms with van der Waals surface area (Å²) in [6.07, 6.45) is -0.821. The van der Waals surface area contributed by atoms with Gasteiger partial charge in [0.2, 0.25) is 17.6 Å². The van der Waals surface area contributed by atoms with Crippen LogP contribution in [0, 0.1) is 6.92 Å². The van der Waals surface area contributed by atoms with Crippen molar-refractivity contribution in [3.05, 3.63) is 69.4 Å². The van der Waals surface area contributed by atoms with Crippen molar-refractivity contribution >= 4 is 34.9 Å². The van der Waals surface area contributed by atoms with Crippen LogP contribution in [0.2, 0.25) is 0 Å². The minimum Gasteiger partial charge on any atom is -0.505 e. The molecule has 0 atom stereocenters. The number of rotatable bonds is 7. The summed E-state index contributed by atoms with van der Waals surface area (Å²) in [6.45, 7) is 5.59. The van der Waals surface area contributed by atoms with Gasteiger partial charge in [-0.05, 0) is 62.1 Å². The van der Waals surface area contributed by atoms with Gasteiger partial charge in [0.15, 0.2) is 5.69 Å². The van der Waals surface area contributed by atoms with Crippen LogP contribution < -0.4 is 20.7 Å². The third kappa shape index (κ3) is 6.18. The minimum atomic E-state index is -4.51. The summed E-state index contributed by atoms with van der Waals surface area (Å²) >= 11 is 0. The second-order valence-corrected chi connectivity index (χ2v) is 11.6. The number of nitrogens with zero attached hydrogens (tertiary/aromatic N) is 8. The van der Waals surface area contributed by atoms with Gasteiger partial charge in [0.1, 0.15) is 18.0 Å². The zero-order valence-corrected chi connectivity index (χ0v) is 25.9. The van der Waals surface area contributed by atoms with Gasteiger partial charge in [-0.1, -0.05) is 6.92 Å². The molecule has 5 heterocycles. The van der Waals surface area contributed by atoms with Gasteiger partial charge in [-0.25, -0.2) is 4.98 Å². The Morgan fingerprint density at radius 2 is 1.74 bits per heavy atom. The van der Waals surface area contributed by atoms with Crippen molar-refractivity contribution in [3.63, 3.8) is 0 Å². The molecule has 0 bridgehead atoms. The highest BCUT2D eigenvalue weighted by Gasteiger charge is 2.32. The maximum atomic E-state index is 14.1. The maximum Gasteiger partial charge on any atom is 0.416 e. The standard InChI is InChI=1S/C31H34F3N9O4/c1-3-22-26(39-13-15-40(16-14-39)27(46)25-23(44)7-6-10-35-25)28(47)43-30(37-29(38-43)41-11-4-5-12-41)42(22)18-24(45)36-21-9-8-20(17-19(21)2)31(32,33)34/h6-10,17,44H,3-5,11-16,18H2,1-2H3,(H,36,45). The fraction of sp³-hybridized carbons (Fsp3) is 0.419. The van der Waals surface area contributed by atoms with E-state index in [1.165, 1.54) is 35.8 Å². The molecule has 6 rings (SSSR count). The first kappa shape index (κ1) is 31.8. The second kappa shape index (κ2) is 12.6. The lowest BCUT2D eigenvalue weighted by Crippen LogP contribution is -2.51. The summed E-state index contributed by atoms with van der Waals surface area (Å²) in [5, 5.41) is 17.4. The number of alkyl halides is 3. The van der Waals surface area contributed by atoms with Crippen molar-refractivity contribution in [1.82, 2.24) is 29.0 Å². The Balaban J connectivity index is 1.33. The molecule has 47 heavy (non-hydrogen) atoms. The zero-order chi connectivity index (χ0) is 33.5. The second-order valence-electron chi connectivity index (χ2n) is 11.6. The summed E-state index contributed by atoms with van der Waals surface area (Å²) in [7, 11) is 0. The van der Waals surface area contributed by atoms with Crippen molar-refractivity contribution in [2.45, 2.75) is 45.8 Å². The molecular formula is C31H34F3N9O4. The van der Waals surface area contributed by atoms with Gasteiger partial charge in [0.05, 0.1) is 11.3 Å². The number of amides is 2. The average molecular weight is 654 g/mol. The van der Waals surface area contributed by atoms with Crippen LogP contribution >= 0.6 is 0 Å². The van der Waals surface area contributed by atoms with E-state index in [9.17, 15) is 32.7 Å². The third-order valence-corrected chi connectivity index (χ3v) is 8.54. The molecule has 0 spiro atoms. The van der Waals surface area contributed by atoms with Crippen molar-refractivity contribution in [1.29, 1.82) is 0 Å². The van der Waals surface area contributed by atoms with Crippen LogP contribution in [0.25, 0.3) is 5.78 Å². The summed E-state index contributed by atoms with van der Waals surface area (Å²) in [4.78, 5) is 54.7. The Morgan fingerprint density at radius 1 is 1.02 bits per heavy atom. The molecular weight excluding hydrogens is 619 g/mol. The largest absolute Gasteiger partial charge is 0.505 e. The number of fused-ring (bicyclic) bond motifs is 1. The van der Waals surface area contributed by atoms with E-state index in [4.69, 9.17) is 0 Å². The quantitative estimate of drug-likeness (QED) is 0.308. The molecule has 2 aliphatic rings. The monoisotopic (exact) mass is 653 g/mol. The van der Waals surface area contributed by atoms with Crippen LogP contribution in [0.5, 0.6) is 5.75 Å². The number of hydrogen-bond donors (Lipinski definition) is 2. The summed E-state index contributed by atoms with van der Waals surface area (Å²) in [5.41, 5.74) is 0.0627. The van der Waals surface area contributed by atoms with E-state index in [0.29, 0.717) is 23.8 Å². The number of nitrogens with one attached hydrogen (secondary N) is 1. The molecule has 248 valence electrons. The summed E-state index contributed by atoms with van der Waals surface area (Å²) in [5.74, 6) is -0.608. The van der Waals surface area contributed by atoms with Crippen LogP contribution in [-0.2, 0) is 23.9 Å². The highest BCUT2D eigenvalue weighted by Crippen LogP contribution is 2.32. The molecule has 13 nitrogen and oxygen atoms in total. The molecule has 0 unspecified atom stereocenters. The predicted molar refractivity (Wildman–Crippen MR) is 167 cm³/mol. The van der Waals surface area contributed by atoms with Gasteiger partial charge in [-0.2, -0.15) is 22.7 Å². The highest BCUT2D eigenvalue weighted by atomic mass is 19.4. The lowest BCUT2D eigenvalue weighted by atomic mass is 10.1. The summed E-state index contributed by atoms with van der Waals surface area (Å²) in [6, 6.07) is 6.03. The SMILES string of the molecule is CCc1c(N2CCN(C(=O)c3ncccc3O)CC2)c(=O)n2nc(N3CCCC3)nc2n1CC(=O)Nc1ccc(C(F)(F)F)cc1C. The number of benzene rings is 1. The number of carbonyl (C=O) groups excluding carboxylic acids is 2. The summed E-state index contributed by atoms with van der Waals surface area (Å²) < 4.78 is 42.4.